The van der Waals surface area contributed by atoms with Crippen LogP contribution in [0.25, 0.3) is 0 Å². The number of carbonyl (C=O) groups is 3. The minimum absolute atomic E-state index is 0.144. The van der Waals surface area contributed by atoms with Crippen LogP contribution in [0.2, 0.25) is 0 Å². The predicted molar refractivity (Wildman–Crippen MR) is 131 cm³/mol. The number of aryl methyl sites for hydroxylation is 2. The number of rotatable bonds is 9. The van der Waals surface area contributed by atoms with E-state index in [2.05, 4.69) is 10.3 Å². The molecule has 0 aliphatic carbocycles. The van der Waals surface area contributed by atoms with E-state index in [1.807, 2.05) is 43.5 Å². The van der Waals surface area contributed by atoms with Crippen LogP contribution < -0.4 is 5.32 Å². The summed E-state index contributed by atoms with van der Waals surface area (Å²) < 4.78 is 5.12. The van der Waals surface area contributed by atoms with Crippen LogP contribution in [-0.4, -0.2) is 47.9 Å². The molecule has 9 heteroatoms. The van der Waals surface area contributed by atoms with Gasteiger partial charge in [0.05, 0.1) is 22.8 Å². The lowest BCUT2D eigenvalue weighted by molar-refractivity contribution is -0.136. The Morgan fingerprint density at radius 2 is 1.76 bits per heavy atom. The van der Waals surface area contributed by atoms with Gasteiger partial charge in [0.15, 0.2) is 6.61 Å². The second-order valence-electron chi connectivity index (χ2n) is 7.41. The minimum Gasteiger partial charge on any atom is -0.452 e. The number of thiazole rings is 1. The number of ether oxygens (including phenoxy) is 1. The zero-order valence-electron chi connectivity index (χ0n) is 18.7. The van der Waals surface area contributed by atoms with Gasteiger partial charge in [-0.2, -0.15) is 0 Å². The number of carbonyl (C=O) groups excluding carboxylic acids is 3. The first kappa shape index (κ1) is 24.5. The number of nitrogens with one attached hydrogen (secondary N) is 1. The highest BCUT2D eigenvalue weighted by molar-refractivity contribution is 7.98. The van der Waals surface area contributed by atoms with Crippen molar-refractivity contribution in [2.45, 2.75) is 24.5 Å². The molecule has 0 radical (unpaired) electrons. The third-order valence-electron chi connectivity index (χ3n) is 4.61. The summed E-state index contributed by atoms with van der Waals surface area (Å²) in [6.45, 7) is 3.35. The zero-order valence-corrected chi connectivity index (χ0v) is 20.3. The fourth-order valence-electron chi connectivity index (χ4n) is 2.78. The van der Waals surface area contributed by atoms with Crippen molar-refractivity contribution in [1.82, 2.24) is 9.88 Å². The molecule has 1 N–H and O–H groups in total. The Hall–Kier alpha value is -3.17. The molecule has 172 valence electrons. The molecule has 0 spiro atoms. The van der Waals surface area contributed by atoms with Crippen LogP contribution in [0, 0.1) is 13.8 Å². The average Bonchev–Trinajstić information content (AvgIpc) is 3.22. The van der Waals surface area contributed by atoms with Crippen LogP contribution in [0.1, 0.15) is 26.6 Å². The molecule has 3 aromatic rings. The van der Waals surface area contributed by atoms with Crippen LogP contribution in [0.5, 0.6) is 0 Å². The Balaban J connectivity index is 1.41. The SMILES string of the molecule is Cc1ccc(NC(=O)CN(C)C(=O)COC(=O)c2ccc(SCc3csc(C)n3)cc2)cc1. The average molecular weight is 484 g/mol. The smallest absolute Gasteiger partial charge is 0.338 e. The number of amides is 2. The molecule has 0 aliphatic heterocycles. The molecule has 7 nitrogen and oxygen atoms in total. The summed E-state index contributed by atoms with van der Waals surface area (Å²) in [5, 5.41) is 5.80. The van der Waals surface area contributed by atoms with Gasteiger partial charge in [0.2, 0.25) is 5.91 Å². The molecule has 0 bridgehead atoms. The maximum absolute atomic E-state index is 12.3. The monoisotopic (exact) mass is 483 g/mol. The van der Waals surface area contributed by atoms with Crippen molar-refractivity contribution in [3.8, 4) is 0 Å². The molecule has 0 aliphatic rings. The highest BCUT2D eigenvalue weighted by Crippen LogP contribution is 2.24. The molecular formula is C24H25N3O4S2. The molecule has 2 aromatic carbocycles. The fourth-order valence-corrected chi connectivity index (χ4v) is 4.29. The topological polar surface area (TPSA) is 88.6 Å². The number of likely N-dealkylation sites (N-methyl/N-ethyl adjacent to an activating group) is 1. The van der Waals surface area contributed by atoms with Crippen molar-refractivity contribution >= 4 is 46.6 Å². The van der Waals surface area contributed by atoms with Gasteiger partial charge in [0.25, 0.3) is 5.91 Å². The lowest BCUT2D eigenvalue weighted by atomic mass is 10.2. The number of benzene rings is 2. The molecule has 0 saturated heterocycles. The molecule has 0 saturated carbocycles. The van der Waals surface area contributed by atoms with Gasteiger partial charge in [-0.1, -0.05) is 17.7 Å². The van der Waals surface area contributed by atoms with E-state index < -0.39 is 18.5 Å². The Kier molecular flexibility index (Phi) is 8.62. The van der Waals surface area contributed by atoms with Gasteiger partial charge in [0.1, 0.15) is 0 Å². The summed E-state index contributed by atoms with van der Waals surface area (Å²) in [5.41, 5.74) is 3.12. The van der Waals surface area contributed by atoms with Crippen molar-refractivity contribution in [3.63, 3.8) is 0 Å². The lowest BCUT2D eigenvalue weighted by Gasteiger charge is -2.17. The first-order valence-electron chi connectivity index (χ1n) is 10.2. The molecule has 2 amide bonds. The molecule has 33 heavy (non-hydrogen) atoms. The summed E-state index contributed by atoms with van der Waals surface area (Å²) in [6, 6.07) is 14.4. The Bertz CT molecular complexity index is 1110. The van der Waals surface area contributed by atoms with Crippen LogP contribution in [0.15, 0.2) is 58.8 Å². The summed E-state index contributed by atoms with van der Waals surface area (Å²) in [7, 11) is 1.49. The summed E-state index contributed by atoms with van der Waals surface area (Å²) in [5.74, 6) is -0.630. The molecule has 3 rings (SSSR count). The summed E-state index contributed by atoms with van der Waals surface area (Å²) >= 11 is 3.25. The van der Waals surface area contributed by atoms with E-state index >= 15 is 0 Å². The van der Waals surface area contributed by atoms with E-state index in [0.29, 0.717) is 11.3 Å². The van der Waals surface area contributed by atoms with Gasteiger partial charge in [-0.3, -0.25) is 9.59 Å². The molecule has 0 fully saturated rings. The largest absolute Gasteiger partial charge is 0.452 e. The highest BCUT2D eigenvalue weighted by atomic mass is 32.2. The molecule has 0 atom stereocenters. The van der Waals surface area contributed by atoms with Crippen molar-refractivity contribution in [2.24, 2.45) is 0 Å². The second kappa shape index (κ2) is 11.6. The van der Waals surface area contributed by atoms with Crippen molar-refractivity contribution in [2.75, 3.05) is 25.5 Å². The van der Waals surface area contributed by atoms with Crippen molar-refractivity contribution in [1.29, 1.82) is 0 Å². The van der Waals surface area contributed by atoms with Gasteiger partial charge in [-0.05, 0) is 50.2 Å². The van der Waals surface area contributed by atoms with E-state index in [0.717, 1.165) is 26.9 Å². The quantitative estimate of drug-likeness (QED) is 0.361. The van der Waals surface area contributed by atoms with E-state index in [4.69, 9.17) is 4.74 Å². The number of thioether (sulfide) groups is 1. The van der Waals surface area contributed by atoms with E-state index in [1.165, 1.54) is 11.9 Å². The number of esters is 1. The van der Waals surface area contributed by atoms with Crippen LogP contribution in [0.4, 0.5) is 5.69 Å². The lowest BCUT2D eigenvalue weighted by Crippen LogP contribution is -2.37. The number of nitrogens with zero attached hydrogens (tertiary/aromatic N) is 2. The van der Waals surface area contributed by atoms with Gasteiger partial charge >= 0.3 is 5.97 Å². The summed E-state index contributed by atoms with van der Waals surface area (Å²) in [6.07, 6.45) is 0. The third kappa shape index (κ3) is 7.73. The zero-order chi connectivity index (χ0) is 23.8. The molecule has 0 unspecified atom stereocenters. The van der Waals surface area contributed by atoms with Crippen LogP contribution in [-0.2, 0) is 20.1 Å². The maximum atomic E-state index is 12.3. The summed E-state index contributed by atoms with van der Waals surface area (Å²) in [4.78, 5) is 43.3. The Morgan fingerprint density at radius 1 is 1.06 bits per heavy atom. The van der Waals surface area contributed by atoms with Gasteiger partial charge < -0.3 is 15.0 Å². The predicted octanol–water partition coefficient (Wildman–Crippen LogP) is 4.31. The Labute approximate surface area is 201 Å². The number of aromatic nitrogens is 1. The van der Waals surface area contributed by atoms with Crippen LogP contribution >= 0.6 is 23.1 Å². The fraction of sp³-hybridized carbons (Fsp3) is 0.250. The van der Waals surface area contributed by atoms with E-state index in [1.54, 1.807) is 47.4 Å². The van der Waals surface area contributed by atoms with Crippen LogP contribution in [0.3, 0.4) is 0 Å². The Morgan fingerprint density at radius 3 is 2.39 bits per heavy atom. The van der Waals surface area contributed by atoms with E-state index in [-0.39, 0.29) is 12.5 Å². The first-order valence-corrected chi connectivity index (χ1v) is 12.1. The molecular weight excluding hydrogens is 458 g/mol. The maximum Gasteiger partial charge on any atom is 0.338 e. The number of hydrogen-bond donors (Lipinski definition) is 1. The second-order valence-corrected chi connectivity index (χ2v) is 9.52. The third-order valence-corrected chi connectivity index (χ3v) is 6.48. The van der Waals surface area contributed by atoms with E-state index in [9.17, 15) is 14.4 Å². The van der Waals surface area contributed by atoms with Gasteiger partial charge in [-0.25, -0.2) is 9.78 Å². The highest BCUT2D eigenvalue weighted by Gasteiger charge is 2.16. The molecule has 1 heterocycles. The first-order chi connectivity index (χ1) is 15.8. The minimum atomic E-state index is -0.590. The number of hydrogen-bond acceptors (Lipinski definition) is 7. The normalized spacial score (nSPS) is 10.5. The molecule has 1 aromatic heterocycles. The van der Waals surface area contributed by atoms with Crippen molar-refractivity contribution < 1.29 is 19.1 Å². The van der Waals surface area contributed by atoms with Gasteiger partial charge in [-0.15, -0.1) is 23.1 Å². The van der Waals surface area contributed by atoms with Gasteiger partial charge in [0, 0.05) is 28.8 Å². The van der Waals surface area contributed by atoms with Crippen molar-refractivity contribution in [3.05, 3.63) is 75.7 Å². The standard InChI is InChI=1S/C24H25N3O4S2/c1-16-4-8-19(9-5-16)26-22(28)12-27(3)23(29)13-31-24(30)18-6-10-21(11-7-18)33-15-20-14-32-17(2)25-20/h4-11,14H,12-13,15H2,1-3H3,(H,26,28). The number of anilines is 1.